The normalized spacial score (nSPS) is 11.6. The third-order valence-corrected chi connectivity index (χ3v) is 11.3. The van der Waals surface area contributed by atoms with E-state index in [4.69, 9.17) is 0 Å². The lowest BCUT2D eigenvalue weighted by molar-refractivity contribution is 1.18. The fourth-order valence-corrected chi connectivity index (χ4v) is 8.63. The highest BCUT2D eigenvalue weighted by molar-refractivity contribution is 6.13. The van der Waals surface area contributed by atoms with E-state index < -0.39 is 0 Å². The van der Waals surface area contributed by atoms with Crippen LogP contribution in [0.5, 0.6) is 0 Å². The summed E-state index contributed by atoms with van der Waals surface area (Å²) in [6.07, 6.45) is 0. The smallest absolute Gasteiger partial charge is 0.0541 e. The predicted octanol–water partition coefficient (Wildman–Crippen LogP) is 14.5. The minimum Gasteiger partial charge on any atom is -0.309 e. The quantitative estimate of drug-likeness (QED) is 0.162. The predicted molar refractivity (Wildman–Crippen MR) is 237 cm³/mol. The molecule has 2 nitrogen and oxygen atoms in total. The second-order valence-corrected chi connectivity index (χ2v) is 14.6. The number of para-hydroxylation sites is 3. The number of rotatable bonds is 6. The molecule has 0 aliphatic carbocycles. The van der Waals surface area contributed by atoms with E-state index in [2.05, 4.69) is 228 Å². The number of hydrogen-bond donors (Lipinski definition) is 0. The van der Waals surface area contributed by atoms with Crippen molar-refractivity contribution in [3.63, 3.8) is 0 Å². The second-order valence-electron chi connectivity index (χ2n) is 14.6. The van der Waals surface area contributed by atoms with E-state index in [1.54, 1.807) is 0 Å². The molecule has 0 radical (unpaired) electrons. The summed E-state index contributed by atoms with van der Waals surface area (Å²) in [5.41, 5.74) is 16.8. The number of fused-ring (bicyclic) bond motifs is 6. The maximum atomic E-state index is 2.40. The third kappa shape index (κ3) is 5.34. The zero-order chi connectivity index (χ0) is 37.0. The van der Waals surface area contributed by atoms with Crippen LogP contribution in [0.3, 0.4) is 0 Å². The molecule has 0 atom stereocenters. The molecule has 2 heterocycles. The summed E-state index contributed by atoms with van der Waals surface area (Å²) in [4.78, 5) is 0. The molecule has 262 valence electrons. The summed E-state index contributed by atoms with van der Waals surface area (Å²) >= 11 is 0. The lowest BCUT2D eigenvalue weighted by atomic mass is 9.95. The minimum atomic E-state index is 1.16. The van der Waals surface area contributed by atoms with Gasteiger partial charge in [-0.05, 0) is 123 Å². The highest BCUT2D eigenvalue weighted by atomic mass is 15.0. The Morgan fingerprint density at radius 1 is 0.196 bits per heavy atom. The van der Waals surface area contributed by atoms with Crippen LogP contribution in [0, 0.1) is 0 Å². The molecule has 0 aliphatic heterocycles. The van der Waals surface area contributed by atoms with Crippen molar-refractivity contribution in [3.8, 4) is 55.9 Å². The van der Waals surface area contributed by atoms with Crippen molar-refractivity contribution in [2.24, 2.45) is 0 Å². The van der Waals surface area contributed by atoms with E-state index >= 15 is 0 Å². The van der Waals surface area contributed by atoms with Crippen LogP contribution in [0.4, 0.5) is 0 Å². The summed E-state index contributed by atoms with van der Waals surface area (Å²) < 4.78 is 4.78. The zero-order valence-electron chi connectivity index (χ0n) is 30.7. The van der Waals surface area contributed by atoms with Crippen LogP contribution in [-0.2, 0) is 0 Å². The first-order valence-electron chi connectivity index (χ1n) is 19.3. The first-order chi connectivity index (χ1) is 27.8. The number of benzene rings is 9. The number of nitrogens with zero attached hydrogens (tertiary/aromatic N) is 2. The van der Waals surface area contributed by atoms with Gasteiger partial charge in [-0.25, -0.2) is 0 Å². The summed E-state index contributed by atoms with van der Waals surface area (Å²) in [5.74, 6) is 0. The average Bonchev–Trinajstić information content (AvgIpc) is 3.79. The van der Waals surface area contributed by atoms with Gasteiger partial charge < -0.3 is 9.13 Å². The van der Waals surface area contributed by atoms with Gasteiger partial charge in [0, 0.05) is 32.9 Å². The zero-order valence-corrected chi connectivity index (χ0v) is 30.7. The molecule has 0 fully saturated rings. The van der Waals surface area contributed by atoms with Gasteiger partial charge in [-0.3, -0.25) is 0 Å². The van der Waals surface area contributed by atoms with Crippen LogP contribution in [0.2, 0.25) is 0 Å². The molecule has 0 unspecified atom stereocenters. The van der Waals surface area contributed by atoms with Crippen LogP contribution in [0.1, 0.15) is 0 Å². The standard InChI is InChI=1S/C54H36N2/c1-4-14-37(15-5-1)38-16-12-17-39(32-38)40-18-13-19-41(33-40)42-26-30-53-49(35-42)50-36-44(28-31-54(50)56(53)46-22-8-3-9-23-46)43-27-29-52-48(34-43)47-24-10-11-25-51(47)55(52)45-20-6-2-7-21-45/h1-36H. The Labute approximate surface area is 325 Å². The van der Waals surface area contributed by atoms with E-state index in [1.165, 1.54) is 93.8 Å². The van der Waals surface area contributed by atoms with Crippen LogP contribution in [-0.4, -0.2) is 9.13 Å². The van der Waals surface area contributed by atoms with Gasteiger partial charge in [-0.2, -0.15) is 0 Å². The molecule has 11 rings (SSSR count). The Kier molecular flexibility index (Phi) is 7.53. The summed E-state index contributed by atoms with van der Waals surface area (Å²) in [5, 5.41) is 4.99. The topological polar surface area (TPSA) is 9.86 Å². The van der Waals surface area contributed by atoms with Crippen LogP contribution >= 0.6 is 0 Å². The molecule has 11 aromatic rings. The van der Waals surface area contributed by atoms with Gasteiger partial charge in [0.2, 0.25) is 0 Å². The van der Waals surface area contributed by atoms with Gasteiger partial charge in [0.1, 0.15) is 0 Å². The van der Waals surface area contributed by atoms with Gasteiger partial charge in [-0.1, -0.05) is 140 Å². The molecular weight excluding hydrogens is 677 g/mol. The van der Waals surface area contributed by atoms with Gasteiger partial charge >= 0.3 is 0 Å². The van der Waals surface area contributed by atoms with E-state index in [0.717, 1.165) is 5.69 Å². The Morgan fingerprint density at radius 2 is 0.518 bits per heavy atom. The van der Waals surface area contributed by atoms with Crippen molar-refractivity contribution in [1.29, 1.82) is 0 Å². The van der Waals surface area contributed by atoms with Crippen molar-refractivity contribution >= 4 is 43.6 Å². The molecule has 56 heavy (non-hydrogen) atoms. The highest BCUT2D eigenvalue weighted by Gasteiger charge is 2.17. The summed E-state index contributed by atoms with van der Waals surface area (Å²) in [6, 6.07) is 79.4. The lowest BCUT2D eigenvalue weighted by Gasteiger charge is -2.10. The van der Waals surface area contributed by atoms with Gasteiger partial charge in [0.15, 0.2) is 0 Å². The maximum absolute atomic E-state index is 2.40. The van der Waals surface area contributed by atoms with Crippen molar-refractivity contribution < 1.29 is 0 Å². The fourth-order valence-electron chi connectivity index (χ4n) is 8.63. The Bertz CT molecular complexity index is 3220. The Hall–Kier alpha value is -7.42. The molecule has 0 N–H and O–H groups in total. The average molecular weight is 713 g/mol. The molecule has 0 saturated heterocycles. The number of hydrogen-bond acceptors (Lipinski definition) is 0. The summed E-state index contributed by atoms with van der Waals surface area (Å²) in [7, 11) is 0. The third-order valence-electron chi connectivity index (χ3n) is 11.3. The van der Waals surface area contributed by atoms with E-state index in [9.17, 15) is 0 Å². The van der Waals surface area contributed by atoms with E-state index in [1.807, 2.05) is 0 Å². The maximum Gasteiger partial charge on any atom is 0.0541 e. The molecule has 9 aromatic carbocycles. The molecular formula is C54H36N2. The largest absolute Gasteiger partial charge is 0.309 e. The van der Waals surface area contributed by atoms with Crippen LogP contribution in [0.15, 0.2) is 218 Å². The lowest BCUT2D eigenvalue weighted by Crippen LogP contribution is -1.93. The number of aromatic nitrogens is 2. The Morgan fingerprint density at radius 3 is 0.982 bits per heavy atom. The first-order valence-corrected chi connectivity index (χ1v) is 19.3. The molecule has 0 spiro atoms. The molecule has 0 bridgehead atoms. The Balaban J connectivity index is 1.06. The van der Waals surface area contributed by atoms with Crippen molar-refractivity contribution in [1.82, 2.24) is 9.13 Å². The highest BCUT2D eigenvalue weighted by Crippen LogP contribution is 2.40. The molecule has 2 heteroatoms. The van der Waals surface area contributed by atoms with E-state index in [-0.39, 0.29) is 0 Å². The molecule has 0 amide bonds. The molecule has 0 aliphatic rings. The van der Waals surface area contributed by atoms with E-state index in [0.29, 0.717) is 0 Å². The summed E-state index contributed by atoms with van der Waals surface area (Å²) in [6.45, 7) is 0. The van der Waals surface area contributed by atoms with Crippen molar-refractivity contribution in [3.05, 3.63) is 218 Å². The molecule has 0 saturated carbocycles. The first kappa shape index (κ1) is 32.0. The van der Waals surface area contributed by atoms with Gasteiger partial charge in [-0.15, -0.1) is 0 Å². The molecule has 2 aromatic heterocycles. The van der Waals surface area contributed by atoms with Crippen molar-refractivity contribution in [2.75, 3.05) is 0 Å². The fraction of sp³-hybridized carbons (Fsp3) is 0. The second kappa shape index (κ2) is 13.2. The SMILES string of the molecule is c1ccc(-c2cccc(-c3cccc(-c4ccc5c(c4)c4cc(-c6ccc7c(c6)c6ccccc6n7-c6ccccc6)ccc4n5-c4ccccc4)c3)c2)cc1. The van der Waals surface area contributed by atoms with Gasteiger partial charge in [0.05, 0.1) is 22.1 Å². The minimum absolute atomic E-state index is 1.16. The monoisotopic (exact) mass is 712 g/mol. The van der Waals surface area contributed by atoms with Gasteiger partial charge in [0.25, 0.3) is 0 Å². The van der Waals surface area contributed by atoms with Crippen LogP contribution in [0.25, 0.3) is 99.5 Å². The van der Waals surface area contributed by atoms with Crippen molar-refractivity contribution in [2.45, 2.75) is 0 Å². The van der Waals surface area contributed by atoms with Crippen LogP contribution < -0.4 is 0 Å².